The third-order valence-electron chi connectivity index (χ3n) is 2.79. The van der Waals surface area contributed by atoms with E-state index in [4.69, 9.17) is 25.1 Å². The quantitative estimate of drug-likeness (QED) is 0.772. The molecule has 1 atom stereocenters. The van der Waals surface area contributed by atoms with Crippen molar-refractivity contribution in [3.05, 3.63) is 17.7 Å². The first kappa shape index (κ1) is 14.6. The molecule has 102 valence electrons. The van der Waals surface area contributed by atoms with Gasteiger partial charge in [-0.1, -0.05) is 0 Å². The van der Waals surface area contributed by atoms with Gasteiger partial charge in [-0.2, -0.15) is 0 Å². The number of methoxy groups -OCH3 is 3. The molecule has 1 rings (SSSR count). The van der Waals surface area contributed by atoms with Crippen LogP contribution >= 0.6 is 0 Å². The summed E-state index contributed by atoms with van der Waals surface area (Å²) in [6, 6.07) is 3.51. The Balaban J connectivity index is 3.06. The molecule has 0 aromatic heterocycles. The lowest BCUT2D eigenvalue weighted by atomic mass is 10.0. The van der Waals surface area contributed by atoms with Gasteiger partial charge in [0.1, 0.15) is 0 Å². The topological polar surface area (TPSA) is 73.9 Å². The highest BCUT2D eigenvalue weighted by Crippen LogP contribution is 2.39. The average Bonchev–Trinajstić information content (AvgIpc) is 2.42. The Morgan fingerprint density at radius 2 is 1.67 bits per heavy atom. The Labute approximate surface area is 107 Å². The molecule has 1 aromatic rings. The van der Waals surface area contributed by atoms with Gasteiger partial charge in [0.2, 0.25) is 5.75 Å². The molecule has 3 N–H and O–H groups in total. The molecule has 0 heterocycles. The van der Waals surface area contributed by atoms with Gasteiger partial charge < -0.3 is 25.1 Å². The highest BCUT2D eigenvalue weighted by atomic mass is 16.5. The van der Waals surface area contributed by atoms with E-state index >= 15 is 0 Å². The predicted molar refractivity (Wildman–Crippen MR) is 69.3 cm³/mol. The van der Waals surface area contributed by atoms with Crippen LogP contribution in [0.4, 0.5) is 0 Å². The van der Waals surface area contributed by atoms with Gasteiger partial charge in [0.25, 0.3) is 0 Å². The van der Waals surface area contributed by atoms with Gasteiger partial charge in [0, 0.05) is 12.6 Å². The third kappa shape index (κ3) is 3.27. The zero-order chi connectivity index (χ0) is 13.5. The highest BCUT2D eigenvalue weighted by Gasteiger charge is 2.16. The second kappa shape index (κ2) is 7.08. The molecule has 0 bridgehead atoms. The lowest BCUT2D eigenvalue weighted by Crippen LogP contribution is -2.11. The van der Waals surface area contributed by atoms with Crippen LogP contribution in [0.5, 0.6) is 17.2 Å². The van der Waals surface area contributed by atoms with Gasteiger partial charge in [0.15, 0.2) is 11.5 Å². The van der Waals surface area contributed by atoms with E-state index in [1.54, 1.807) is 21.3 Å². The fourth-order valence-electron chi connectivity index (χ4n) is 1.79. The van der Waals surface area contributed by atoms with E-state index in [2.05, 4.69) is 0 Å². The average molecular weight is 255 g/mol. The van der Waals surface area contributed by atoms with Crippen molar-refractivity contribution in [1.29, 1.82) is 0 Å². The fraction of sp³-hybridized carbons (Fsp3) is 0.538. The Bertz CT molecular complexity index is 356. The van der Waals surface area contributed by atoms with Crippen molar-refractivity contribution in [3.8, 4) is 17.2 Å². The Hall–Kier alpha value is -1.46. The maximum Gasteiger partial charge on any atom is 0.203 e. The van der Waals surface area contributed by atoms with Gasteiger partial charge in [-0.3, -0.25) is 0 Å². The standard InChI is InChI=1S/C13H21NO4/c1-16-11-7-9(10(14)5-4-6-15)8-12(17-2)13(11)18-3/h7-8,10,15H,4-6,14H2,1-3H3/t10-/m1/s1. The Morgan fingerprint density at radius 3 is 2.06 bits per heavy atom. The van der Waals surface area contributed by atoms with Crippen LogP contribution < -0.4 is 19.9 Å². The number of aliphatic hydroxyl groups is 1. The van der Waals surface area contributed by atoms with E-state index in [-0.39, 0.29) is 12.6 Å². The van der Waals surface area contributed by atoms with Crippen molar-refractivity contribution in [2.75, 3.05) is 27.9 Å². The molecule has 5 heteroatoms. The molecule has 0 radical (unpaired) electrons. The van der Waals surface area contributed by atoms with Gasteiger partial charge in [0.05, 0.1) is 21.3 Å². The van der Waals surface area contributed by atoms with E-state index in [1.807, 2.05) is 12.1 Å². The summed E-state index contributed by atoms with van der Waals surface area (Å²) in [7, 11) is 4.70. The molecule has 0 aliphatic carbocycles. The molecule has 0 spiro atoms. The molecule has 0 saturated carbocycles. The summed E-state index contributed by atoms with van der Waals surface area (Å²) in [6.07, 6.45) is 1.37. The first-order valence-corrected chi connectivity index (χ1v) is 5.84. The number of hydrogen-bond acceptors (Lipinski definition) is 5. The zero-order valence-electron chi connectivity index (χ0n) is 11.1. The third-order valence-corrected chi connectivity index (χ3v) is 2.79. The molecule has 18 heavy (non-hydrogen) atoms. The van der Waals surface area contributed by atoms with Crippen LogP contribution in [-0.4, -0.2) is 33.0 Å². The maximum absolute atomic E-state index is 8.82. The lowest BCUT2D eigenvalue weighted by Gasteiger charge is -2.17. The summed E-state index contributed by atoms with van der Waals surface area (Å²) >= 11 is 0. The van der Waals surface area contributed by atoms with Gasteiger partial charge in [-0.25, -0.2) is 0 Å². The smallest absolute Gasteiger partial charge is 0.203 e. The molecule has 1 aromatic carbocycles. The summed E-state index contributed by atoms with van der Waals surface area (Å²) in [4.78, 5) is 0. The fourth-order valence-corrected chi connectivity index (χ4v) is 1.79. The highest BCUT2D eigenvalue weighted by molar-refractivity contribution is 5.54. The summed E-state index contributed by atoms with van der Waals surface area (Å²) in [5.41, 5.74) is 6.96. The summed E-state index contributed by atoms with van der Waals surface area (Å²) in [6.45, 7) is 0.137. The SMILES string of the molecule is COc1cc([C@H](N)CCCO)cc(OC)c1OC. The van der Waals surface area contributed by atoms with E-state index in [1.165, 1.54) is 0 Å². The van der Waals surface area contributed by atoms with Crippen LogP contribution in [0.2, 0.25) is 0 Å². The van der Waals surface area contributed by atoms with Crippen molar-refractivity contribution < 1.29 is 19.3 Å². The maximum atomic E-state index is 8.82. The van der Waals surface area contributed by atoms with Crippen LogP contribution in [-0.2, 0) is 0 Å². The molecule has 5 nitrogen and oxygen atoms in total. The Morgan fingerprint density at radius 1 is 1.11 bits per heavy atom. The van der Waals surface area contributed by atoms with Crippen LogP contribution in [0, 0.1) is 0 Å². The molecule has 0 amide bonds. The van der Waals surface area contributed by atoms with E-state index < -0.39 is 0 Å². The summed E-state index contributed by atoms with van der Waals surface area (Å²) in [5, 5.41) is 8.82. The molecule has 0 saturated heterocycles. The van der Waals surface area contributed by atoms with E-state index in [9.17, 15) is 0 Å². The minimum atomic E-state index is -0.161. The van der Waals surface area contributed by atoms with Crippen LogP contribution in [0.25, 0.3) is 0 Å². The second-order valence-electron chi connectivity index (χ2n) is 3.93. The van der Waals surface area contributed by atoms with Crippen LogP contribution in [0.3, 0.4) is 0 Å². The van der Waals surface area contributed by atoms with Crippen LogP contribution in [0.15, 0.2) is 12.1 Å². The second-order valence-corrected chi connectivity index (χ2v) is 3.93. The largest absolute Gasteiger partial charge is 0.493 e. The Kier molecular flexibility index (Phi) is 5.74. The number of nitrogens with two attached hydrogens (primary N) is 1. The summed E-state index contributed by atoms with van der Waals surface area (Å²) in [5.74, 6) is 1.73. The molecule has 0 aliphatic rings. The van der Waals surface area contributed by atoms with Crippen molar-refractivity contribution in [1.82, 2.24) is 0 Å². The van der Waals surface area contributed by atoms with Crippen molar-refractivity contribution in [2.45, 2.75) is 18.9 Å². The monoisotopic (exact) mass is 255 g/mol. The van der Waals surface area contributed by atoms with E-state index in [0.717, 1.165) is 5.56 Å². The first-order valence-electron chi connectivity index (χ1n) is 5.84. The van der Waals surface area contributed by atoms with Crippen molar-refractivity contribution >= 4 is 0 Å². The number of rotatable bonds is 7. The van der Waals surface area contributed by atoms with Gasteiger partial charge >= 0.3 is 0 Å². The predicted octanol–water partition coefficient (Wildman–Crippen LogP) is 1.48. The lowest BCUT2D eigenvalue weighted by molar-refractivity contribution is 0.279. The minimum absolute atomic E-state index is 0.137. The molecule has 0 unspecified atom stereocenters. The normalized spacial score (nSPS) is 12.1. The van der Waals surface area contributed by atoms with Gasteiger partial charge in [-0.05, 0) is 30.5 Å². The number of aliphatic hydroxyl groups excluding tert-OH is 1. The van der Waals surface area contributed by atoms with Crippen molar-refractivity contribution in [2.24, 2.45) is 5.73 Å². The van der Waals surface area contributed by atoms with Crippen molar-refractivity contribution in [3.63, 3.8) is 0 Å². The van der Waals surface area contributed by atoms with E-state index in [0.29, 0.717) is 30.1 Å². The number of benzene rings is 1. The minimum Gasteiger partial charge on any atom is -0.493 e. The number of ether oxygens (including phenoxy) is 3. The van der Waals surface area contributed by atoms with Crippen LogP contribution in [0.1, 0.15) is 24.4 Å². The first-order chi connectivity index (χ1) is 8.67. The van der Waals surface area contributed by atoms with Gasteiger partial charge in [-0.15, -0.1) is 0 Å². The molecule has 0 aliphatic heterocycles. The molecule has 0 fully saturated rings. The molecular weight excluding hydrogens is 234 g/mol. The number of hydrogen-bond donors (Lipinski definition) is 2. The molecular formula is C13H21NO4. The zero-order valence-corrected chi connectivity index (χ0v) is 11.1. The summed E-state index contributed by atoms with van der Waals surface area (Å²) < 4.78 is 15.8.